The Morgan fingerprint density at radius 1 is 1.33 bits per heavy atom. The molecule has 108 valence electrons. The smallest absolute Gasteiger partial charge is 0.271 e. The molecule has 21 heavy (non-hydrogen) atoms. The molecule has 2 aromatic rings. The molecule has 2 heterocycles. The van der Waals surface area contributed by atoms with Gasteiger partial charge in [0.15, 0.2) is 11.5 Å². The largest absolute Gasteiger partial charge is 0.454 e. The van der Waals surface area contributed by atoms with E-state index in [9.17, 15) is 4.79 Å². The zero-order chi connectivity index (χ0) is 14.8. The van der Waals surface area contributed by atoms with Crippen LogP contribution in [0.3, 0.4) is 0 Å². The van der Waals surface area contributed by atoms with Crippen LogP contribution in [0.25, 0.3) is 0 Å². The second kappa shape index (κ2) is 5.73. The Kier molecular flexibility index (Phi) is 3.79. The number of ether oxygens (including phenoxy) is 2. The fourth-order valence-electron chi connectivity index (χ4n) is 2.08. The average molecular weight is 349 g/mol. The monoisotopic (exact) mass is 348 g/mol. The van der Waals surface area contributed by atoms with Crippen molar-refractivity contribution >= 4 is 21.8 Å². The molecule has 6 heteroatoms. The van der Waals surface area contributed by atoms with Crippen LogP contribution < -0.4 is 14.8 Å². The van der Waals surface area contributed by atoms with E-state index in [-0.39, 0.29) is 18.7 Å². The van der Waals surface area contributed by atoms with Gasteiger partial charge in [-0.1, -0.05) is 6.07 Å². The third kappa shape index (κ3) is 2.85. The van der Waals surface area contributed by atoms with E-state index in [1.54, 1.807) is 18.3 Å². The number of nitrogens with zero attached hydrogens (tertiary/aromatic N) is 1. The lowest BCUT2D eigenvalue weighted by molar-refractivity contribution is 0.0934. The van der Waals surface area contributed by atoms with Crippen molar-refractivity contribution in [2.75, 3.05) is 6.79 Å². The fourth-order valence-corrected chi connectivity index (χ4v) is 2.52. The molecule has 1 aromatic carbocycles. The zero-order valence-electron chi connectivity index (χ0n) is 11.3. The van der Waals surface area contributed by atoms with Crippen molar-refractivity contribution in [3.8, 4) is 11.5 Å². The number of rotatable bonds is 3. The minimum absolute atomic E-state index is 0.166. The first-order valence-electron chi connectivity index (χ1n) is 6.46. The summed E-state index contributed by atoms with van der Waals surface area (Å²) in [5, 5.41) is 2.92. The third-order valence-electron chi connectivity index (χ3n) is 3.22. The molecule has 0 bridgehead atoms. The van der Waals surface area contributed by atoms with Gasteiger partial charge in [0.05, 0.1) is 6.04 Å². The average Bonchev–Trinajstić information content (AvgIpc) is 2.94. The number of pyridine rings is 1. The van der Waals surface area contributed by atoms with E-state index >= 15 is 0 Å². The van der Waals surface area contributed by atoms with Crippen LogP contribution in [0.15, 0.2) is 41.0 Å². The molecule has 0 aliphatic carbocycles. The highest BCUT2D eigenvalue weighted by Gasteiger charge is 2.18. The molecule has 0 radical (unpaired) electrons. The Labute approximate surface area is 130 Å². The van der Waals surface area contributed by atoms with Crippen LogP contribution in [0.5, 0.6) is 11.5 Å². The summed E-state index contributed by atoms with van der Waals surface area (Å²) in [6, 6.07) is 9.01. The van der Waals surface area contributed by atoms with Crippen molar-refractivity contribution in [1.29, 1.82) is 0 Å². The molecular weight excluding hydrogens is 336 g/mol. The van der Waals surface area contributed by atoms with Gasteiger partial charge in [-0.2, -0.15) is 0 Å². The molecule has 0 saturated carbocycles. The number of carbonyl (C=O) groups excluding carboxylic acids is 1. The van der Waals surface area contributed by atoms with Gasteiger partial charge < -0.3 is 14.8 Å². The Morgan fingerprint density at radius 2 is 2.14 bits per heavy atom. The molecule has 1 N–H and O–H groups in total. The molecule has 0 saturated heterocycles. The summed E-state index contributed by atoms with van der Waals surface area (Å²) >= 11 is 3.32. The molecule has 1 amide bonds. The van der Waals surface area contributed by atoms with Gasteiger partial charge in [0.2, 0.25) is 6.79 Å². The molecule has 1 aliphatic rings. The van der Waals surface area contributed by atoms with E-state index in [4.69, 9.17) is 9.47 Å². The van der Waals surface area contributed by atoms with Crippen LogP contribution in [0.2, 0.25) is 0 Å². The number of amides is 1. The quantitative estimate of drug-likeness (QED) is 0.925. The van der Waals surface area contributed by atoms with E-state index in [1.807, 2.05) is 25.1 Å². The molecule has 1 aromatic heterocycles. The number of carbonyl (C=O) groups is 1. The maximum absolute atomic E-state index is 12.2. The van der Waals surface area contributed by atoms with Gasteiger partial charge in [-0.05, 0) is 52.7 Å². The lowest BCUT2D eigenvalue weighted by Crippen LogP contribution is -2.27. The highest BCUT2D eigenvalue weighted by Crippen LogP contribution is 2.34. The third-order valence-corrected chi connectivity index (χ3v) is 3.86. The first-order valence-corrected chi connectivity index (χ1v) is 7.25. The highest BCUT2D eigenvalue weighted by atomic mass is 79.9. The van der Waals surface area contributed by atoms with Gasteiger partial charge in [0.25, 0.3) is 5.91 Å². The summed E-state index contributed by atoms with van der Waals surface area (Å²) < 4.78 is 11.3. The molecule has 0 fully saturated rings. The summed E-state index contributed by atoms with van der Waals surface area (Å²) in [4.78, 5) is 16.3. The van der Waals surface area contributed by atoms with Crippen molar-refractivity contribution in [2.45, 2.75) is 13.0 Å². The van der Waals surface area contributed by atoms with Gasteiger partial charge in [-0.25, -0.2) is 4.98 Å². The summed E-state index contributed by atoms with van der Waals surface area (Å²) in [5.74, 6) is 1.20. The minimum atomic E-state index is -0.229. The Hall–Kier alpha value is -2.08. The predicted octanol–water partition coefficient (Wildman–Crippen LogP) is 3.06. The van der Waals surface area contributed by atoms with E-state index in [2.05, 4.69) is 26.2 Å². The molecular formula is C15H13BrN2O3. The van der Waals surface area contributed by atoms with Gasteiger partial charge in [-0.15, -0.1) is 0 Å². The molecule has 1 atom stereocenters. The number of hydrogen-bond donors (Lipinski definition) is 1. The van der Waals surface area contributed by atoms with Crippen molar-refractivity contribution in [3.63, 3.8) is 0 Å². The molecule has 1 aliphatic heterocycles. The van der Waals surface area contributed by atoms with Crippen molar-refractivity contribution in [1.82, 2.24) is 10.3 Å². The van der Waals surface area contributed by atoms with Gasteiger partial charge in [0.1, 0.15) is 5.69 Å². The number of hydrogen-bond acceptors (Lipinski definition) is 4. The lowest BCUT2D eigenvalue weighted by atomic mass is 10.1. The standard InChI is InChI=1S/C15H13BrN2O3/c1-9(10-4-5-12-13(7-10)21-8-20-12)18-15(19)14-11(16)3-2-6-17-14/h2-7,9H,8H2,1H3,(H,18,19). The summed E-state index contributed by atoms with van der Waals surface area (Å²) in [6.45, 7) is 2.15. The second-order valence-corrected chi connectivity index (χ2v) is 5.50. The number of benzene rings is 1. The van der Waals surface area contributed by atoms with E-state index in [1.165, 1.54) is 0 Å². The van der Waals surface area contributed by atoms with Crippen molar-refractivity contribution in [2.24, 2.45) is 0 Å². The molecule has 0 spiro atoms. The maximum Gasteiger partial charge on any atom is 0.271 e. The maximum atomic E-state index is 12.2. The minimum Gasteiger partial charge on any atom is -0.454 e. The second-order valence-electron chi connectivity index (χ2n) is 4.64. The fraction of sp³-hybridized carbons (Fsp3) is 0.200. The van der Waals surface area contributed by atoms with E-state index in [0.29, 0.717) is 15.9 Å². The van der Waals surface area contributed by atoms with E-state index < -0.39 is 0 Å². The summed E-state index contributed by atoms with van der Waals surface area (Å²) in [5.41, 5.74) is 1.31. The van der Waals surface area contributed by atoms with Gasteiger partial charge in [0, 0.05) is 10.7 Å². The number of fused-ring (bicyclic) bond motifs is 1. The first-order chi connectivity index (χ1) is 10.1. The van der Waals surface area contributed by atoms with Crippen LogP contribution in [-0.4, -0.2) is 17.7 Å². The van der Waals surface area contributed by atoms with Crippen molar-refractivity contribution < 1.29 is 14.3 Å². The summed E-state index contributed by atoms with van der Waals surface area (Å²) in [7, 11) is 0. The van der Waals surface area contributed by atoms with Gasteiger partial charge >= 0.3 is 0 Å². The predicted molar refractivity (Wildman–Crippen MR) is 80.4 cm³/mol. The van der Waals surface area contributed by atoms with Crippen LogP contribution in [-0.2, 0) is 0 Å². The Balaban J connectivity index is 1.76. The van der Waals surface area contributed by atoms with Gasteiger partial charge in [-0.3, -0.25) is 4.79 Å². The Morgan fingerprint density at radius 3 is 2.95 bits per heavy atom. The summed E-state index contributed by atoms with van der Waals surface area (Å²) in [6.07, 6.45) is 1.59. The first kappa shape index (κ1) is 13.9. The van der Waals surface area contributed by atoms with Crippen LogP contribution >= 0.6 is 15.9 Å². The Bertz CT molecular complexity index is 690. The number of nitrogens with one attached hydrogen (secondary N) is 1. The van der Waals surface area contributed by atoms with Crippen molar-refractivity contribution in [3.05, 3.63) is 52.3 Å². The molecule has 5 nitrogen and oxygen atoms in total. The van der Waals surface area contributed by atoms with E-state index in [0.717, 1.165) is 11.3 Å². The molecule has 3 rings (SSSR count). The van der Waals surface area contributed by atoms with Crippen LogP contribution in [0, 0.1) is 0 Å². The molecule has 1 unspecified atom stereocenters. The highest BCUT2D eigenvalue weighted by molar-refractivity contribution is 9.10. The zero-order valence-corrected chi connectivity index (χ0v) is 12.9. The normalized spacial score (nSPS) is 13.8. The van der Waals surface area contributed by atoms with Crippen LogP contribution in [0.1, 0.15) is 29.0 Å². The number of aromatic nitrogens is 1. The lowest BCUT2D eigenvalue weighted by Gasteiger charge is -2.15. The SMILES string of the molecule is CC(NC(=O)c1ncccc1Br)c1ccc2c(c1)OCO2. The van der Waals surface area contributed by atoms with Crippen LogP contribution in [0.4, 0.5) is 0 Å². The number of halogens is 1. The topological polar surface area (TPSA) is 60.5 Å².